The van der Waals surface area contributed by atoms with Crippen LogP contribution in [0, 0.1) is 0 Å². The number of nitrogens with zero attached hydrogens (tertiary/aromatic N) is 3. The van der Waals surface area contributed by atoms with Crippen LogP contribution in [-0.4, -0.2) is 33.3 Å². The number of rotatable bonds is 8. The van der Waals surface area contributed by atoms with Crippen LogP contribution in [0.2, 0.25) is 0 Å². The highest BCUT2D eigenvalue weighted by molar-refractivity contribution is 9.10. The zero-order chi connectivity index (χ0) is 18.4. The zero-order valence-electron chi connectivity index (χ0n) is 14.2. The van der Waals surface area contributed by atoms with E-state index in [1.54, 1.807) is 16.2 Å². The van der Waals surface area contributed by atoms with E-state index in [4.69, 9.17) is 4.42 Å². The number of carbonyl (C=O) groups excluding carboxylic acids is 1. The van der Waals surface area contributed by atoms with Crippen molar-refractivity contribution in [2.24, 2.45) is 0 Å². The topological polar surface area (TPSA) is 59.2 Å². The third-order valence-electron chi connectivity index (χ3n) is 3.56. The van der Waals surface area contributed by atoms with Crippen molar-refractivity contribution >= 4 is 44.9 Å². The summed E-state index contributed by atoms with van der Waals surface area (Å²) < 4.78 is 6.71. The van der Waals surface area contributed by atoms with Crippen molar-refractivity contribution in [1.29, 1.82) is 0 Å². The molecular formula is C18H18BrN3O2S2. The summed E-state index contributed by atoms with van der Waals surface area (Å²) in [6, 6.07) is 11.8. The number of amides is 1. The lowest BCUT2D eigenvalue weighted by Gasteiger charge is -2.20. The van der Waals surface area contributed by atoms with E-state index in [0.717, 1.165) is 20.7 Å². The molecule has 2 heterocycles. The highest BCUT2D eigenvalue weighted by Gasteiger charge is 2.18. The van der Waals surface area contributed by atoms with Crippen molar-refractivity contribution in [1.82, 2.24) is 15.1 Å². The lowest BCUT2D eigenvalue weighted by Crippen LogP contribution is -2.32. The second kappa shape index (κ2) is 9.34. The van der Waals surface area contributed by atoms with Gasteiger partial charge in [-0.05, 0) is 45.9 Å². The molecule has 3 aromatic rings. The molecule has 1 amide bonds. The van der Waals surface area contributed by atoms with Gasteiger partial charge in [-0.2, -0.15) is 0 Å². The summed E-state index contributed by atoms with van der Waals surface area (Å²) in [7, 11) is 0. The average molecular weight is 452 g/mol. The molecule has 1 aromatic carbocycles. The van der Waals surface area contributed by atoms with Gasteiger partial charge in [-0.3, -0.25) is 4.79 Å². The molecule has 5 nitrogen and oxygen atoms in total. The molecule has 0 N–H and O–H groups in total. The second-order valence-electron chi connectivity index (χ2n) is 5.51. The van der Waals surface area contributed by atoms with Crippen LogP contribution in [-0.2, 0) is 11.3 Å². The zero-order valence-corrected chi connectivity index (χ0v) is 17.4. The van der Waals surface area contributed by atoms with Gasteiger partial charge >= 0.3 is 0 Å². The monoisotopic (exact) mass is 451 g/mol. The van der Waals surface area contributed by atoms with E-state index in [-0.39, 0.29) is 5.91 Å². The van der Waals surface area contributed by atoms with Crippen LogP contribution in [0.4, 0.5) is 0 Å². The number of hydrogen-bond acceptors (Lipinski definition) is 6. The summed E-state index contributed by atoms with van der Waals surface area (Å²) in [4.78, 5) is 16.4. The molecule has 0 saturated heterocycles. The van der Waals surface area contributed by atoms with E-state index >= 15 is 0 Å². The molecule has 0 saturated carbocycles. The molecule has 0 unspecified atom stereocenters. The third-order valence-corrected chi connectivity index (χ3v) is 6.43. The molecule has 3 rings (SSSR count). The van der Waals surface area contributed by atoms with Crippen LogP contribution in [0.25, 0.3) is 10.8 Å². The minimum atomic E-state index is 0.0588. The maximum absolute atomic E-state index is 12.7. The van der Waals surface area contributed by atoms with Crippen molar-refractivity contribution < 1.29 is 9.21 Å². The average Bonchev–Trinajstić information content (AvgIpc) is 3.32. The molecule has 26 heavy (non-hydrogen) atoms. The summed E-state index contributed by atoms with van der Waals surface area (Å²) in [5.41, 5.74) is 0. The lowest BCUT2D eigenvalue weighted by atomic mass is 10.4. The lowest BCUT2D eigenvalue weighted by molar-refractivity contribution is -0.129. The molecule has 0 bridgehead atoms. The predicted octanol–water partition coefficient (Wildman–Crippen LogP) is 5.09. The molecule has 136 valence electrons. The van der Waals surface area contributed by atoms with Crippen LogP contribution < -0.4 is 0 Å². The van der Waals surface area contributed by atoms with Crippen molar-refractivity contribution in [2.45, 2.75) is 24.8 Å². The van der Waals surface area contributed by atoms with Gasteiger partial charge in [-0.15, -0.1) is 33.3 Å². The Morgan fingerprint density at radius 1 is 1.27 bits per heavy atom. The molecule has 2 aromatic heterocycles. The van der Waals surface area contributed by atoms with E-state index < -0.39 is 0 Å². The standard InChI is InChI=1S/C18H18BrN3O2S2/c1-2-9-22(17(23)12-26-14-7-4-3-6-13(14)19)11-16-20-21-18(24-16)15-8-5-10-25-15/h3-8,10H,2,9,11-12H2,1H3. The quantitative estimate of drug-likeness (QED) is 0.446. The summed E-state index contributed by atoms with van der Waals surface area (Å²) >= 11 is 6.58. The van der Waals surface area contributed by atoms with Crippen molar-refractivity contribution in [3.8, 4) is 10.8 Å². The Bertz CT molecular complexity index is 852. The van der Waals surface area contributed by atoms with Gasteiger partial charge in [0.15, 0.2) is 0 Å². The maximum Gasteiger partial charge on any atom is 0.257 e. The molecule has 0 fully saturated rings. The van der Waals surface area contributed by atoms with Crippen LogP contribution in [0.1, 0.15) is 19.2 Å². The maximum atomic E-state index is 12.7. The highest BCUT2D eigenvalue weighted by atomic mass is 79.9. The molecule has 8 heteroatoms. The minimum absolute atomic E-state index is 0.0588. The smallest absolute Gasteiger partial charge is 0.257 e. The number of hydrogen-bond donors (Lipinski definition) is 0. The Morgan fingerprint density at radius 2 is 2.12 bits per heavy atom. The van der Waals surface area contributed by atoms with Gasteiger partial charge in [0.2, 0.25) is 11.8 Å². The minimum Gasteiger partial charge on any atom is -0.418 e. The number of thiophene rings is 1. The molecule has 0 atom stereocenters. The molecule has 0 aliphatic rings. The summed E-state index contributed by atoms with van der Waals surface area (Å²) in [5.74, 6) is 1.39. The van der Waals surface area contributed by atoms with Gasteiger partial charge in [-0.1, -0.05) is 25.1 Å². The van der Waals surface area contributed by atoms with Crippen LogP contribution in [0.5, 0.6) is 0 Å². The van der Waals surface area contributed by atoms with Gasteiger partial charge < -0.3 is 9.32 Å². The number of aromatic nitrogens is 2. The normalized spacial score (nSPS) is 10.8. The largest absolute Gasteiger partial charge is 0.418 e. The first kappa shape index (κ1) is 19.1. The molecule has 0 spiro atoms. The number of halogens is 1. The first-order valence-electron chi connectivity index (χ1n) is 8.18. The van der Waals surface area contributed by atoms with Gasteiger partial charge in [0.25, 0.3) is 5.89 Å². The highest BCUT2D eigenvalue weighted by Crippen LogP contribution is 2.27. The number of thioether (sulfide) groups is 1. The fraction of sp³-hybridized carbons (Fsp3) is 0.278. The number of benzene rings is 1. The van der Waals surface area contributed by atoms with Crippen LogP contribution in [0.15, 0.2) is 55.6 Å². The van der Waals surface area contributed by atoms with Gasteiger partial charge in [0.1, 0.15) is 0 Å². The van der Waals surface area contributed by atoms with E-state index in [2.05, 4.69) is 26.1 Å². The van der Waals surface area contributed by atoms with E-state index in [1.165, 1.54) is 11.8 Å². The fourth-order valence-electron chi connectivity index (χ4n) is 2.34. The first-order chi connectivity index (χ1) is 12.7. The van der Waals surface area contributed by atoms with Crippen LogP contribution in [0.3, 0.4) is 0 Å². The summed E-state index contributed by atoms with van der Waals surface area (Å²) in [5, 5.41) is 10.1. The summed E-state index contributed by atoms with van der Waals surface area (Å²) in [6.07, 6.45) is 0.872. The van der Waals surface area contributed by atoms with Gasteiger partial charge in [0, 0.05) is 15.9 Å². The first-order valence-corrected chi connectivity index (χ1v) is 10.8. The fourth-order valence-corrected chi connectivity index (χ4v) is 4.45. The van der Waals surface area contributed by atoms with Gasteiger partial charge in [-0.25, -0.2) is 0 Å². The molecule has 0 aliphatic carbocycles. The molecule has 0 aliphatic heterocycles. The van der Waals surface area contributed by atoms with Gasteiger partial charge in [0.05, 0.1) is 17.2 Å². The van der Waals surface area contributed by atoms with Crippen molar-refractivity contribution in [2.75, 3.05) is 12.3 Å². The third kappa shape index (κ3) is 4.96. The second-order valence-corrected chi connectivity index (χ2v) is 8.33. The van der Waals surface area contributed by atoms with Crippen LogP contribution >= 0.6 is 39.0 Å². The van der Waals surface area contributed by atoms with Crippen molar-refractivity contribution in [3.63, 3.8) is 0 Å². The Balaban J connectivity index is 1.63. The Morgan fingerprint density at radius 3 is 2.85 bits per heavy atom. The Kier molecular flexibility index (Phi) is 6.87. The summed E-state index contributed by atoms with van der Waals surface area (Å²) in [6.45, 7) is 3.04. The van der Waals surface area contributed by atoms with E-state index in [0.29, 0.717) is 30.6 Å². The Hall–Kier alpha value is -1.64. The van der Waals surface area contributed by atoms with E-state index in [1.807, 2.05) is 48.7 Å². The molecular weight excluding hydrogens is 434 g/mol. The predicted molar refractivity (Wildman–Crippen MR) is 108 cm³/mol. The van der Waals surface area contributed by atoms with Crippen molar-refractivity contribution in [3.05, 3.63) is 52.1 Å². The Labute approximate surface area is 168 Å². The SMILES string of the molecule is CCCN(Cc1nnc(-c2cccs2)o1)C(=O)CSc1ccccc1Br. The molecule has 0 radical (unpaired) electrons. The number of carbonyl (C=O) groups is 1. The van der Waals surface area contributed by atoms with E-state index in [9.17, 15) is 4.79 Å².